The van der Waals surface area contributed by atoms with Gasteiger partial charge in [-0.05, 0) is 37.5 Å². The molecule has 3 N–H and O–H groups in total. The quantitative estimate of drug-likeness (QED) is 0.783. The summed E-state index contributed by atoms with van der Waals surface area (Å²) in [6.07, 6.45) is 4.22. The number of nitrogens with one attached hydrogen (secondary N) is 1. The van der Waals surface area contributed by atoms with Gasteiger partial charge in [0, 0.05) is 17.6 Å². The van der Waals surface area contributed by atoms with Gasteiger partial charge < -0.3 is 20.2 Å². The number of ether oxygens (including phenoxy) is 2. The molecular weight excluding hydrogens is 240 g/mol. The zero-order valence-corrected chi connectivity index (χ0v) is 11.2. The molecular formula is C15H20N2O2. The number of hydrogen-bond donors (Lipinski definition) is 2. The number of H-pyrrole nitrogens is 1. The predicted octanol–water partition coefficient (Wildman–Crippen LogP) is 2.23. The topological polar surface area (TPSA) is 63.6 Å². The smallest absolute Gasteiger partial charge is 0.128 e. The van der Waals surface area contributed by atoms with E-state index < -0.39 is 0 Å². The Labute approximate surface area is 112 Å². The highest BCUT2D eigenvalue weighted by molar-refractivity contribution is 5.88. The summed E-state index contributed by atoms with van der Waals surface area (Å²) >= 11 is 0. The summed E-state index contributed by atoms with van der Waals surface area (Å²) in [5.41, 5.74) is 8.29. The number of aromatic amines is 1. The Hall–Kier alpha value is -1.52. The predicted molar refractivity (Wildman–Crippen MR) is 75.5 cm³/mol. The zero-order valence-electron chi connectivity index (χ0n) is 11.2. The third kappa shape index (κ3) is 2.91. The van der Waals surface area contributed by atoms with Gasteiger partial charge in [-0.3, -0.25) is 0 Å². The molecule has 0 bridgehead atoms. The molecule has 0 spiro atoms. The number of rotatable bonds is 6. The van der Waals surface area contributed by atoms with Gasteiger partial charge in [0.05, 0.1) is 12.1 Å². The van der Waals surface area contributed by atoms with Crippen molar-refractivity contribution in [2.75, 3.05) is 13.2 Å². The van der Waals surface area contributed by atoms with Crippen LogP contribution in [0.3, 0.4) is 0 Å². The maximum atomic E-state index is 5.83. The standard InChI is InChI=1S/C15H20N2O2/c1-10(16)2-3-11-4-5-14(19-9-12-8-18-12)13-6-7-17-15(11)13/h4-7,10,12,17H,2-3,8-9,16H2,1H3. The van der Waals surface area contributed by atoms with E-state index in [1.54, 1.807) is 0 Å². The van der Waals surface area contributed by atoms with Gasteiger partial charge in [-0.1, -0.05) is 6.07 Å². The summed E-state index contributed by atoms with van der Waals surface area (Å²) in [7, 11) is 0. The van der Waals surface area contributed by atoms with E-state index in [9.17, 15) is 0 Å². The SMILES string of the molecule is CC(N)CCc1ccc(OCC2CO2)c2cc[nH]c12. The van der Waals surface area contributed by atoms with Crippen LogP contribution >= 0.6 is 0 Å². The van der Waals surface area contributed by atoms with Crippen LogP contribution in [-0.4, -0.2) is 30.3 Å². The Morgan fingerprint density at radius 1 is 1.47 bits per heavy atom. The van der Waals surface area contributed by atoms with E-state index >= 15 is 0 Å². The molecule has 1 aromatic carbocycles. The number of nitrogens with two attached hydrogens (primary N) is 1. The third-order valence-corrected chi connectivity index (χ3v) is 3.47. The molecule has 1 saturated heterocycles. The highest BCUT2D eigenvalue weighted by Gasteiger charge is 2.23. The molecule has 19 heavy (non-hydrogen) atoms. The Kier molecular flexibility index (Phi) is 3.44. The third-order valence-electron chi connectivity index (χ3n) is 3.47. The molecule has 2 atom stereocenters. The Balaban J connectivity index is 1.81. The molecule has 4 heteroatoms. The van der Waals surface area contributed by atoms with Gasteiger partial charge in [0.15, 0.2) is 0 Å². The van der Waals surface area contributed by atoms with Crippen molar-refractivity contribution in [1.29, 1.82) is 0 Å². The molecule has 3 rings (SSSR count). The average Bonchev–Trinajstić information content (AvgIpc) is 3.08. The Morgan fingerprint density at radius 3 is 3.05 bits per heavy atom. The molecule has 1 fully saturated rings. The minimum Gasteiger partial charge on any atom is -0.490 e. The fourth-order valence-electron chi connectivity index (χ4n) is 2.25. The molecule has 2 aromatic rings. The first-order valence-electron chi connectivity index (χ1n) is 6.83. The van der Waals surface area contributed by atoms with E-state index in [4.69, 9.17) is 15.2 Å². The summed E-state index contributed by atoms with van der Waals surface area (Å²) in [5, 5.41) is 1.14. The van der Waals surface area contributed by atoms with E-state index in [1.807, 2.05) is 13.1 Å². The maximum absolute atomic E-state index is 5.83. The van der Waals surface area contributed by atoms with Gasteiger partial charge in [-0.25, -0.2) is 0 Å². The fourth-order valence-corrected chi connectivity index (χ4v) is 2.25. The van der Waals surface area contributed by atoms with Crippen LogP contribution in [0.1, 0.15) is 18.9 Å². The van der Waals surface area contributed by atoms with Gasteiger partial charge in [0.2, 0.25) is 0 Å². The second-order valence-corrected chi connectivity index (χ2v) is 5.27. The molecule has 2 unspecified atom stereocenters. The van der Waals surface area contributed by atoms with Crippen LogP contribution in [0.15, 0.2) is 24.4 Å². The molecule has 1 aliphatic rings. The van der Waals surface area contributed by atoms with Gasteiger partial charge in [-0.2, -0.15) is 0 Å². The molecule has 0 saturated carbocycles. The normalized spacial score (nSPS) is 19.6. The van der Waals surface area contributed by atoms with Crippen molar-refractivity contribution >= 4 is 10.9 Å². The zero-order chi connectivity index (χ0) is 13.2. The number of benzene rings is 1. The van der Waals surface area contributed by atoms with E-state index in [1.165, 1.54) is 5.56 Å². The van der Waals surface area contributed by atoms with E-state index in [0.717, 1.165) is 36.1 Å². The van der Waals surface area contributed by atoms with E-state index in [-0.39, 0.29) is 12.1 Å². The Bertz CT molecular complexity index is 518. The molecule has 0 amide bonds. The number of aryl methyl sites for hydroxylation is 1. The van der Waals surface area contributed by atoms with Gasteiger partial charge in [0.25, 0.3) is 0 Å². The summed E-state index contributed by atoms with van der Waals surface area (Å²) in [4.78, 5) is 3.30. The minimum absolute atomic E-state index is 0.230. The lowest BCUT2D eigenvalue weighted by molar-refractivity contribution is 0.265. The Morgan fingerprint density at radius 2 is 2.32 bits per heavy atom. The lowest BCUT2D eigenvalue weighted by atomic mass is 10.0. The summed E-state index contributed by atoms with van der Waals surface area (Å²) in [6.45, 7) is 3.50. The molecule has 4 nitrogen and oxygen atoms in total. The van der Waals surface area contributed by atoms with Gasteiger partial charge in [0.1, 0.15) is 18.5 Å². The van der Waals surface area contributed by atoms with Crippen molar-refractivity contribution in [3.05, 3.63) is 30.0 Å². The molecule has 0 radical (unpaired) electrons. The van der Waals surface area contributed by atoms with Crippen molar-refractivity contribution in [1.82, 2.24) is 4.98 Å². The number of aromatic nitrogens is 1. The van der Waals surface area contributed by atoms with Crippen LogP contribution in [0.4, 0.5) is 0 Å². The maximum Gasteiger partial charge on any atom is 0.128 e. The van der Waals surface area contributed by atoms with Crippen LogP contribution in [0, 0.1) is 0 Å². The summed E-state index contributed by atoms with van der Waals surface area (Å²) < 4.78 is 11.0. The number of epoxide rings is 1. The molecule has 1 aliphatic heterocycles. The van der Waals surface area contributed by atoms with Gasteiger partial charge >= 0.3 is 0 Å². The van der Waals surface area contributed by atoms with Crippen LogP contribution in [0.25, 0.3) is 10.9 Å². The largest absolute Gasteiger partial charge is 0.490 e. The number of fused-ring (bicyclic) bond motifs is 1. The number of hydrogen-bond acceptors (Lipinski definition) is 3. The van der Waals surface area contributed by atoms with Crippen molar-refractivity contribution in [2.45, 2.75) is 31.9 Å². The highest BCUT2D eigenvalue weighted by atomic mass is 16.6. The van der Waals surface area contributed by atoms with Crippen molar-refractivity contribution in [2.24, 2.45) is 5.73 Å². The lowest BCUT2D eigenvalue weighted by Gasteiger charge is -2.10. The first-order valence-corrected chi connectivity index (χ1v) is 6.83. The molecule has 0 aliphatic carbocycles. The fraction of sp³-hybridized carbons (Fsp3) is 0.467. The lowest BCUT2D eigenvalue weighted by Crippen LogP contribution is -2.15. The molecule has 102 valence electrons. The van der Waals surface area contributed by atoms with E-state index in [0.29, 0.717) is 6.61 Å². The summed E-state index contributed by atoms with van der Waals surface area (Å²) in [5.74, 6) is 0.927. The van der Waals surface area contributed by atoms with Crippen LogP contribution < -0.4 is 10.5 Å². The van der Waals surface area contributed by atoms with Crippen LogP contribution in [0.2, 0.25) is 0 Å². The summed E-state index contributed by atoms with van der Waals surface area (Å²) in [6, 6.07) is 6.47. The second kappa shape index (κ2) is 5.23. The van der Waals surface area contributed by atoms with Crippen LogP contribution in [-0.2, 0) is 11.2 Å². The van der Waals surface area contributed by atoms with Gasteiger partial charge in [-0.15, -0.1) is 0 Å². The van der Waals surface area contributed by atoms with Crippen molar-refractivity contribution in [3.8, 4) is 5.75 Å². The molecule has 2 heterocycles. The minimum atomic E-state index is 0.230. The molecule has 1 aromatic heterocycles. The van der Waals surface area contributed by atoms with E-state index in [2.05, 4.69) is 23.2 Å². The second-order valence-electron chi connectivity index (χ2n) is 5.27. The monoisotopic (exact) mass is 260 g/mol. The average molecular weight is 260 g/mol. The van der Waals surface area contributed by atoms with Crippen molar-refractivity contribution in [3.63, 3.8) is 0 Å². The first kappa shape index (κ1) is 12.5. The highest BCUT2D eigenvalue weighted by Crippen LogP contribution is 2.29. The first-order chi connectivity index (χ1) is 9.24. The van der Waals surface area contributed by atoms with Crippen LogP contribution in [0.5, 0.6) is 5.75 Å². The van der Waals surface area contributed by atoms with Crippen molar-refractivity contribution < 1.29 is 9.47 Å².